The van der Waals surface area contributed by atoms with E-state index in [-0.39, 0.29) is 11.8 Å². The molecule has 0 saturated carbocycles. The average Bonchev–Trinajstić information content (AvgIpc) is 3.21. The second kappa shape index (κ2) is 6.83. The summed E-state index contributed by atoms with van der Waals surface area (Å²) >= 11 is 0. The molecule has 0 aliphatic carbocycles. The first-order chi connectivity index (χ1) is 12.6. The Hall–Kier alpha value is -2.81. The first-order valence-corrected chi connectivity index (χ1v) is 8.11. The summed E-state index contributed by atoms with van der Waals surface area (Å²) in [5, 5.41) is 6.05. The number of hydrogen-bond donors (Lipinski definition) is 2. The number of ether oxygens (including phenoxy) is 1. The smallest absolute Gasteiger partial charge is 0.387 e. The summed E-state index contributed by atoms with van der Waals surface area (Å²) in [5.41, 5.74) is 1.77. The maximum atomic E-state index is 13.8. The Morgan fingerprint density at radius 1 is 1.23 bits per heavy atom. The van der Waals surface area contributed by atoms with Gasteiger partial charge in [-0.1, -0.05) is 6.07 Å². The van der Waals surface area contributed by atoms with E-state index in [0.29, 0.717) is 35.9 Å². The lowest BCUT2D eigenvalue weighted by atomic mass is 10.2. The maximum Gasteiger partial charge on any atom is 0.387 e. The summed E-state index contributed by atoms with van der Waals surface area (Å²) in [6.45, 7) is -2.06. The van der Waals surface area contributed by atoms with Crippen LogP contribution in [0.3, 0.4) is 0 Å². The third-order valence-corrected chi connectivity index (χ3v) is 4.19. The highest BCUT2D eigenvalue weighted by Gasteiger charge is 2.26. The van der Waals surface area contributed by atoms with E-state index in [2.05, 4.69) is 25.3 Å². The van der Waals surface area contributed by atoms with Crippen molar-refractivity contribution in [3.05, 3.63) is 42.7 Å². The van der Waals surface area contributed by atoms with Crippen LogP contribution in [-0.4, -0.2) is 46.3 Å². The first-order valence-electron chi connectivity index (χ1n) is 8.11. The van der Waals surface area contributed by atoms with Gasteiger partial charge in [-0.2, -0.15) is 8.78 Å². The lowest BCUT2D eigenvalue weighted by molar-refractivity contribution is -0.0501. The molecule has 0 aromatic carbocycles. The highest BCUT2D eigenvalue weighted by atomic mass is 19.3. The highest BCUT2D eigenvalue weighted by Crippen LogP contribution is 2.24. The number of nitrogens with zero attached hydrogens (tertiary/aromatic N) is 3. The van der Waals surface area contributed by atoms with E-state index in [0.717, 1.165) is 0 Å². The van der Waals surface area contributed by atoms with Crippen molar-refractivity contribution >= 4 is 11.5 Å². The third kappa shape index (κ3) is 3.30. The molecule has 1 aliphatic heterocycles. The van der Waals surface area contributed by atoms with Crippen molar-refractivity contribution in [3.63, 3.8) is 0 Å². The summed E-state index contributed by atoms with van der Waals surface area (Å²) in [5.74, 6) is 0.562. The number of pyridine rings is 2. The number of rotatable bonds is 5. The molecule has 6 nitrogen and oxygen atoms in total. The zero-order valence-electron chi connectivity index (χ0n) is 13.6. The van der Waals surface area contributed by atoms with Crippen LogP contribution in [0, 0.1) is 0 Å². The number of anilines is 1. The zero-order chi connectivity index (χ0) is 18.1. The van der Waals surface area contributed by atoms with E-state index in [4.69, 9.17) is 0 Å². The van der Waals surface area contributed by atoms with Crippen LogP contribution in [0.4, 0.5) is 19.0 Å². The van der Waals surface area contributed by atoms with Crippen molar-refractivity contribution in [1.29, 1.82) is 0 Å². The van der Waals surface area contributed by atoms with Gasteiger partial charge in [0.15, 0.2) is 0 Å². The fraction of sp³-hybridized carbons (Fsp3) is 0.294. The van der Waals surface area contributed by atoms with Crippen molar-refractivity contribution < 1.29 is 17.9 Å². The van der Waals surface area contributed by atoms with Gasteiger partial charge in [0.25, 0.3) is 0 Å². The van der Waals surface area contributed by atoms with Crippen molar-refractivity contribution in [3.8, 4) is 17.1 Å². The summed E-state index contributed by atoms with van der Waals surface area (Å²) in [6, 6.07) is 7.99. The second-order valence-corrected chi connectivity index (χ2v) is 5.95. The molecule has 3 aromatic heterocycles. The molecule has 1 fully saturated rings. The molecule has 0 bridgehead atoms. The molecular formula is C17H16F3N5O. The van der Waals surface area contributed by atoms with Gasteiger partial charge >= 0.3 is 6.61 Å². The molecule has 1 saturated heterocycles. The minimum Gasteiger partial charge on any atom is -0.433 e. The van der Waals surface area contributed by atoms with Crippen molar-refractivity contribution in [1.82, 2.24) is 19.7 Å². The quantitative estimate of drug-likeness (QED) is 0.730. The molecule has 26 heavy (non-hydrogen) atoms. The Morgan fingerprint density at radius 3 is 2.88 bits per heavy atom. The molecule has 0 radical (unpaired) electrons. The molecule has 9 heteroatoms. The standard InChI is InChI=1S/C17H16F3N5O/c18-11-6-21-7-13(11)24-15-3-1-2-12(23-15)14-8-22-16-5-4-10(9-25(14)16)26-17(19)20/h1-5,8-9,11,13,17,21H,6-7H2,(H,23,24)/t11-,13-/m0/s1. The molecule has 1 aliphatic rings. The number of hydrogen-bond acceptors (Lipinski definition) is 5. The van der Waals surface area contributed by atoms with Crippen LogP contribution in [0.15, 0.2) is 42.7 Å². The fourth-order valence-electron chi connectivity index (χ4n) is 2.96. The van der Waals surface area contributed by atoms with Crippen molar-refractivity contribution in [2.75, 3.05) is 18.4 Å². The third-order valence-electron chi connectivity index (χ3n) is 4.19. The first kappa shape index (κ1) is 16.6. The van der Waals surface area contributed by atoms with E-state index < -0.39 is 12.8 Å². The van der Waals surface area contributed by atoms with Gasteiger partial charge < -0.3 is 15.4 Å². The predicted octanol–water partition coefficient (Wildman–Crippen LogP) is 2.72. The number of halogens is 3. The van der Waals surface area contributed by atoms with Crippen LogP contribution in [-0.2, 0) is 0 Å². The summed E-state index contributed by atoms with van der Waals surface area (Å²) < 4.78 is 44.7. The molecular weight excluding hydrogens is 347 g/mol. The van der Waals surface area contributed by atoms with Crippen LogP contribution in [0.1, 0.15) is 0 Å². The fourth-order valence-corrected chi connectivity index (χ4v) is 2.96. The van der Waals surface area contributed by atoms with E-state index >= 15 is 0 Å². The van der Waals surface area contributed by atoms with Crippen LogP contribution in [0.5, 0.6) is 5.75 Å². The van der Waals surface area contributed by atoms with Crippen molar-refractivity contribution in [2.24, 2.45) is 0 Å². The van der Waals surface area contributed by atoms with Gasteiger partial charge in [0.1, 0.15) is 23.4 Å². The number of nitrogens with one attached hydrogen (secondary N) is 2. The minimum atomic E-state index is -2.90. The number of fused-ring (bicyclic) bond motifs is 1. The van der Waals surface area contributed by atoms with E-state index in [1.165, 1.54) is 12.3 Å². The zero-order valence-corrected chi connectivity index (χ0v) is 13.6. The topological polar surface area (TPSA) is 63.5 Å². The monoisotopic (exact) mass is 363 g/mol. The largest absolute Gasteiger partial charge is 0.433 e. The molecule has 0 spiro atoms. The molecule has 2 atom stereocenters. The van der Waals surface area contributed by atoms with Gasteiger partial charge in [-0.15, -0.1) is 0 Å². The molecule has 2 N–H and O–H groups in total. The molecule has 136 valence electrons. The Balaban J connectivity index is 1.65. The van der Waals surface area contributed by atoms with Gasteiger partial charge in [0, 0.05) is 13.1 Å². The maximum absolute atomic E-state index is 13.8. The number of imidazole rings is 1. The molecule has 4 heterocycles. The van der Waals surface area contributed by atoms with Gasteiger partial charge in [-0.25, -0.2) is 14.4 Å². The lowest BCUT2D eigenvalue weighted by Gasteiger charge is -2.15. The van der Waals surface area contributed by atoms with Crippen LogP contribution in [0.25, 0.3) is 17.0 Å². The second-order valence-electron chi connectivity index (χ2n) is 5.95. The summed E-state index contributed by atoms with van der Waals surface area (Å²) in [6.07, 6.45) is 2.05. The van der Waals surface area contributed by atoms with Crippen molar-refractivity contribution in [2.45, 2.75) is 18.8 Å². The van der Waals surface area contributed by atoms with Gasteiger partial charge in [-0.3, -0.25) is 4.40 Å². The highest BCUT2D eigenvalue weighted by molar-refractivity contribution is 5.62. The minimum absolute atomic E-state index is 0.0262. The summed E-state index contributed by atoms with van der Waals surface area (Å²) in [4.78, 5) is 8.75. The number of alkyl halides is 3. The normalized spacial score (nSPS) is 20.0. The lowest BCUT2D eigenvalue weighted by Crippen LogP contribution is -2.29. The van der Waals surface area contributed by atoms with Crippen LogP contribution >= 0.6 is 0 Å². The Kier molecular flexibility index (Phi) is 4.37. The number of aromatic nitrogens is 3. The summed E-state index contributed by atoms with van der Waals surface area (Å²) in [7, 11) is 0. The molecule has 4 rings (SSSR count). The Morgan fingerprint density at radius 2 is 2.12 bits per heavy atom. The molecule has 0 amide bonds. The Labute approximate surface area is 147 Å². The Bertz CT molecular complexity index is 916. The molecule has 3 aromatic rings. The van der Waals surface area contributed by atoms with Crippen LogP contribution in [0.2, 0.25) is 0 Å². The van der Waals surface area contributed by atoms with E-state index in [9.17, 15) is 13.2 Å². The van der Waals surface area contributed by atoms with E-state index in [1.807, 2.05) is 0 Å². The molecule has 0 unspecified atom stereocenters. The van der Waals surface area contributed by atoms with Gasteiger partial charge in [0.05, 0.1) is 29.8 Å². The average molecular weight is 363 g/mol. The predicted molar refractivity (Wildman–Crippen MR) is 90.2 cm³/mol. The van der Waals surface area contributed by atoms with Crippen LogP contribution < -0.4 is 15.4 Å². The van der Waals surface area contributed by atoms with Gasteiger partial charge in [0.2, 0.25) is 0 Å². The SMILES string of the molecule is FC(F)Oc1ccc2ncc(-c3cccc(N[C@H]4CNC[C@@H]4F)n3)n2c1. The van der Waals surface area contributed by atoms with E-state index in [1.54, 1.807) is 34.9 Å². The van der Waals surface area contributed by atoms with Gasteiger partial charge in [-0.05, 0) is 24.3 Å².